The molecule has 0 spiro atoms. The Kier molecular flexibility index (Phi) is 1.76. The van der Waals surface area contributed by atoms with Crippen molar-refractivity contribution in [3.63, 3.8) is 0 Å². The zero-order valence-electron chi connectivity index (χ0n) is 8.46. The summed E-state index contributed by atoms with van der Waals surface area (Å²) < 4.78 is 5.34. The van der Waals surface area contributed by atoms with Gasteiger partial charge in [-0.25, -0.2) is 0 Å². The van der Waals surface area contributed by atoms with Crippen molar-refractivity contribution in [2.75, 3.05) is 0 Å². The van der Waals surface area contributed by atoms with Crippen molar-refractivity contribution in [3.8, 4) is 0 Å². The maximum absolute atomic E-state index is 11.4. The van der Waals surface area contributed by atoms with Crippen LogP contribution in [0.1, 0.15) is 33.6 Å². The molecule has 1 fully saturated rings. The first-order valence-corrected chi connectivity index (χ1v) is 4.92. The highest BCUT2D eigenvalue weighted by Gasteiger charge is 2.51. The highest BCUT2D eigenvalue weighted by Crippen LogP contribution is 2.47. The van der Waals surface area contributed by atoms with Crippen LogP contribution in [-0.4, -0.2) is 12.1 Å². The molecule has 0 unspecified atom stereocenters. The molecule has 0 N–H and O–H groups in total. The van der Waals surface area contributed by atoms with Crippen molar-refractivity contribution in [1.82, 2.24) is 0 Å². The second kappa shape index (κ2) is 2.60. The van der Waals surface area contributed by atoms with Gasteiger partial charge < -0.3 is 4.74 Å². The van der Waals surface area contributed by atoms with Gasteiger partial charge in [0.25, 0.3) is 0 Å². The van der Waals surface area contributed by atoms with Gasteiger partial charge in [-0.1, -0.05) is 19.4 Å². The molecule has 1 aliphatic heterocycles. The molecule has 0 aromatic rings. The van der Waals surface area contributed by atoms with E-state index in [1.807, 2.05) is 6.92 Å². The predicted molar refractivity (Wildman–Crippen MR) is 50.1 cm³/mol. The average molecular weight is 180 g/mol. The van der Waals surface area contributed by atoms with Crippen LogP contribution in [0.15, 0.2) is 11.6 Å². The zero-order valence-corrected chi connectivity index (χ0v) is 8.46. The molecule has 1 aliphatic carbocycles. The van der Waals surface area contributed by atoms with E-state index in [2.05, 4.69) is 19.9 Å². The zero-order chi connectivity index (χ0) is 9.64. The summed E-state index contributed by atoms with van der Waals surface area (Å²) in [5.74, 6) is 0.0281. The number of allylic oxidation sites excluding steroid dienone is 1. The highest BCUT2D eigenvalue weighted by molar-refractivity contribution is 5.76. The molecule has 2 nitrogen and oxygen atoms in total. The van der Waals surface area contributed by atoms with Crippen molar-refractivity contribution >= 4 is 5.97 Å². The first-order chi connectivity index (χ1) is 6.04. The smallest absolute Gasteiger partial charge is 0.309 e. The van der Waals surface area contributed by atoms with Crippen LogP contribution in [0, 0.1) is 11.3 Å². The Morgan fingerprint density at radius 1 is 1.62 bits per heavy atom. The third-order valence-electron chi connectivity index (χ3n) is 3.73. The Bertz CT molecular complexity index is 280. The van der Waals surface area contributed by atoms with Gasteiger partial charge in [0.05, 0.1) is 5.92 Å². The van der Waals surface area contributed by atoms with Gasteiger partial charge in [-0.3, -0.25) is 4.79 Å². The molecule has 1 heterocycles. The SMILES string of the molecule is CC1=C[C@@H]2OC(=O)[C@@H](C)[C@]2(C)CC1. The van der Waals surface area contributed by atoms with Gasteiger partial charge in [0.2, 0.25) is 0 Å². The normalized spacial score (nSPS) is 43.9. The standard InChI is InChI=1S/C11H16O2/c1-7-4-5-11(3)8(2)10(12)13-9(11)6-7/h6,8-9H,4-5H2,1-3H3/t8-,9+,11+/m1/s1. The van der Waals surface area contributed by atoms with Crippen LogP contribution in [0.5, 0.6) is 0 Å². The van der Waals surface area contributed by atoms with Crippen LogP contribution in [0.3, 0.4) is 0 Å². The molecule has 0 aromatic heterocycles. The number of esters is 1. The lowest BCUT2D eigenvalue weighted by Gasteiger charge is -2.33. The Hall–Kier alpha value is -0.790. The molecule has 1 saturated heterocycles. The van der Waals surface area contributed by atoms with Gasteiger partial charge in [-0.05, 0) is 25.8 Å². The summed E-state index contributed by atoms with van der Waals surface area (Å²) in [6.07, 6.45) is 4.33. The Morgan fingerprint density at radius 2 is 2.31 bits per heavy atom. The predicted octanol–water partition coefficient (Wildman–Crippen LogP) is 2.29. The number of hydrogen-bond acceptors (Lipinski definition) is 2. The van der Waals surface area contributed by atoms with Crippen LogP contribution in [0.4, 0.5) is 0 Å². The summed E-state index contributed by atoms with van der Waals surface area (Å²) >= 11 is 0. The number of hydrogen-bond donors (Lipinski definition) is 0. The van der Waals surface area contributed by atoms with Crippen LogP contribution < -0.4 is 0 Å². The average Bonchev–Trinajstić information content (AvgIpc) is 2.29. The fourth-order valence-corrected chi connectivity index (χ4v) is 2.27. The minimum Gasteiger partial charge on any atom is -0.457 e. The van der Waals surface area contributed by atoms with E-state index < -0.39 is 0 Å². The molecule has 2 heteroatoms. The number of rotatable bonds is 0. The van der Waals surface area contributed by atoms with Crippen molar-refractivity contribution in [2.45, 2.75) is 39.7 Å². The van der Waals surface area contributed by atoms with Crippen molar-refractivity contribution in [1.29, 1.82) is 0 Å². The van der Waals surface area contributed by atoms with E-state index >= 15 is 0 Å². The van der Waals surface area contributed by atoms with Gasteiger partial charge in [-0.2, -0.15) is 0 Å². The molecule has 13 heavy (non-hydrogen) atoms. The lowest BCUT2D eigenvalue weighted by Crippen LogP contribution is -2.33. The molecule has 0 radical (unpaired) electrons. The lowest BCUT2D eigenvalue weighted by atomic mass is 9.69. The topological polar surface area (TPSA) is 26.3 Å². The highest BCUT2D eigenvalue weighted by atomic mass is 16.6. The summed E-state index contributed by atoms with van der Waals surface area (Å²) in [5, 5.41) is 0. The van der Waals surface area contributed by atoms with Crippen LogP contribution in [0.2, 0.25) is 0 Å². The van der Waals surface area contributed by atoms with Crippen LogP contribution >= 0.6 is 0 Å². The molecule has 2 aliphatic rings. The van der Waals surface area contributed by atoms with Crippen LogP contribution in [-0.2, 0) is 9.53 Å². The second-order valence-electron chi connectivity index (χ2n) is 4.60. The van der Waals surface area contributed by atoms with Gasteiger partial charge in [0, 0.05) is 5.41 Å². The number of ether oxygens (including phenoxy) is 1. The van der Waals surface area contributed by atoms with E-state index in [0.29, 0.717) is 0 Å². The maximum Gasteiger partial charge on any atom is 0.309 e. The summed E-state index contributed by atoms with van der Waals surface area (Å²) in [6, 6.07) is 0. The quantitative estimate of drug-likeness (QED) is 0.422. The Morgan fingerprint density at radius 3 is 3.00 bits per heavy atom. The minimum absolute atomic E-state index is 0.0292. The number of fused-ring (bicyclic) bond motifs is 1. The first kappa shape index (κ1) is 8.79. The van der Waals surface area contributed by atoms with Gasteiger partial charge >= 0.3 is 5.97 Å². The van der Waals surface area contributed by atoms with Gasteiger partial charge in [0.1, 0.15) is 6.10 Å². The van der Waals surface area contributed by atoms with Crippen LogP contribution in [0.25, 0.3) is 0 Å². The third kappa shape index (κ3) is 1.11. The minimum atomic E-state index is -0.0292. The second-order valence-corrected chi connectivity index (χ2v) is 4.60. The fourth-order valence-electron chi connectivity index (χ4n) is 2.27. The molecule has 3 atom stereocenters. The number of carbonyl (C=O) groups excluding carboxylic acids is 1. The lowest BCUT2D eigenvalue weighted by molar-refractivity contribution is -0.142. The van der Waals surface area contributed by atoms with E-state index in [1.54, 1.807) is 0 Å². The summed E-state index contributed by atoms with van der Waals surface area (Å²) in [4.78, 5) is 11.4. The monoisotopic (exact) mass is 180 g/mol. The summed E-state index contributed by atoms with van der Waals surface area (Å²) in [6.45, 7) is 6.25. The molecule has 0 bridgehead atoms. The molecular weight excluding hydrogens is 164 g/mol. The van der Waals surface area contributed by atoms with Gasteiger partial charge in [0.15, 0.2) is 0 Å². The fraction of sp³-hybridized carbons (Fsp3) is 0.727. The van der Waals surface area contributed by atoms with E-state index in [-0.39, 0.29) is 23.4 Å². The van der Waals surface area contributed by atoms with E-state index in [4.69, 9.17) is 4.74 Å². The molecular formula is C11H16O2. The largest absolute Gasteiger partial charge is 0.457 e. The van der Waals surface area contributed by atoms with Crippen molar-refractivity contribution in [2.24, 2.45) is 11.3 Å². The molecule has 2 rings (SSSR count). The Balaban J connectivity index is 2.35. The van der Waals surface area contributed by atoms with E-state index in [1.165, 1.54) is 5.57 Å². The molecule has 0 aromatic carbocycles. The summed E-state index contributed by atoms with van der Waals surface area (Å²) in [7, 11) is 0. The first-order valence-electron chi connectivity index (χ1n) is 4.92. The molecule has 0 amide bonds. The third-order valence-corrected chi connectivity index (χ3v) is 3.73. The van der Waals surface area contributed by atoms with Crippen molar-refractivity contribution in [3.05, 3.63) is 11.6 Å². The molecule has 0 saturated carbocycles. The van der Waals surface area contributed by atoms with E-state index in [9.17, 15) is 4.79 Å². The van der Waals surface area contributed by atoms with Crippen molar-refractivity contribution < 1.29 is 9.53 Å². The van der Waals surface area contributed by atoms with E-state index in [0.717, 1.165) is 12.8 Å². The van der Waals surface area contributed by atoms with Gasteiger partial charge in [-0.15, -0.1) is 0 Å². The summed E-state index contributed by atoms with van der Waals surface area (Å²) in [5.41, 5.74) is 1.40. The maximum atomic E-state index is 11.4. The molecule has 72 valence electrons. The number of carbonyl (C=O) groups is 1. The Labute approximate surface area is 79.0 Å².